The molecule has 0 bridgehead atoms. The van der Waals surface area contributed by atoms with Crippen LogP contribution in [0.5, 0.6) is 0 Å². The number of hydrogen-bond acceptors (Lipinski definition) is 0. The number of allylic oxidation sites excluding steroid dienone is 5. The van der Waals surface area contributed by atoms with Gasteiger partial charge in [-0.1, -0.05) is 198 Å². The molecule has 0 N–H and O–H groups in total. The molecule has 0 fully saturated rings. The summed E-state index contributed by atoms with van der Waals surface area (Å²) in [5.41, 5.74) is 14.3. The van der Waals surface area contributed by atoms with Crippen LogP contribution in [0.2, 0.25) is 78.6 Å². The highest BCUT2D eigenvalue weighted by molar-refractivity contribution is 8.10. The first kappa shape index (κ1) is 42.2. The summed E-state index contributed by atoms with van der Waals surface area (Å²) in [6.07, 6.45) is 5.57. The van der Waals surface area contributed by atoms with E-state index in [9.17, 15) is 0 Å². The van der Waals surface area contributed by atoms with Gasteiger partial charge in [-0.25, -0.2) is 0 Å². The minimum absolute atomic E-state index is 0.0768. The lowest BCUT2D eigenvalue weighted by molar-refractivity contribution is 0.467. The van der Waals surface area contributed by atoms with Crippen LogP contribution in [0.15, 0.2) is 52.8 Å². The van der Waals surface area contributed by atoms with Gasteiger partial charge in [0.15, 0.2) is 0 Å². The van der Waals surface area contributed by atoms with E-state index in [0.29, 0.717) is 11.5 Å². The second-order valence-corrected chi connectivity index (χ2v) is 87.5. The monoisotopic (exact) mass is 752 g/mol. The summed E-state index contributed by atoms with van der Waals surface area (Å²) < 4.78 is 0. The average molecular weight is 754 g/mol. The Morgan fingerprint density at radius 1 is 0.542 bits per heavy atom. The Kier molecular flexibility index (Phi) is 10.7. The Labute approximate surface area is 306 Å². The van der Waals surface area contributed by atoms with Crippen molar-refractivity contribution in [3.8, 4) is 0 Å². The van der Waals surface area contributed by atoms with Crippen molar-refractivity contribution >= 4 is 43.6 Å². The van der Waals surface area contributed by atoms with Gasteiger partial charge < -0.3 is 0 Å². The molecule has 1 heterocycles. The van der Waals surface area contributed by atoms with Crippen molar-refractivity contribution < 1.29 is 0 Å². The van der Waals surface area contributed by atoms with Gasteiger partial charge in [0.05, 0.1) is 6.63 Å². The zero-order valence-electron chi connectivity index (χ0n) is 36.6. The first-order chi connectivity index (χ1) is 20.9. The van der Waals surface area contributed by atoms with Crippen molar-refractivity contribution in [3.05, 3.63) is 69.5 Å². The Balaban J connectivity index is 2.93. The predicted octanol–water partition coefficient (Wildman–Crippen LogP) is 13.6. The van der Waals surface area contributed by atoms with Crippen molar-refractivity contribution in [1.29, 1.82) is 0 Å². The van der Waals surface area contributed by atoms with E-state index in [2.05, 4.69) is 198 Å². The van der Waals surface area contributed by atoms with Crippen molar-refractivity contribution in [2.45, 2.75) is 178 Å². The fourth-order valence-corrected chi connectivity index (χ4v) is 237. The third-order valence-corrected chi connectivity index (χ3v) is 139. The molecular weight excluding hydrogens is 673 g/mol. The molecule has 6 heteroatoms. The molecule has 1 aliphatic heterocycles. The minimum atomic E-state index is -2.07. The topological polar surface area (TPSA) is 0 Å². The molecule has 2 aliphatic rings. The van der Waals surface area contributed by atoms with E-state index in [1.165, 1.54) is 5.56 Å². The molecule has 272 valence electrons. The first-order valence-electron chi connectivity index (χ1n) is 19.2. The van der Waals surface area contributed by atoms with Gasteiger partial charge >= 0.3 is 0 Å². The predicted molar refractivity (Wildman–Crippen MR) is 238 cm³/mol. The molecule has 1 aliphatic carbocycles. The van der Waals surface area contributed by atoms with Crippen LogP contribution in [-0.4, -0.2) is 43.6 Å². The van der Waals surface area contributed by atoms with Crippen LogP contribution in [0.1, 0.15) is 105 Å². The van der Waals surface area contributed by atoms with Gasteiger partial charge in [0.2, 0.25) is 0 Å². The van der Waals surface area contributed by atoms with Crippen molar-refractivity contribution in [3.63, 3.8) is 0 Å². The second kappa shape index (κ2) is 12.1. The van der Waals surface area contributed by atoms with Crippen molar-refractivity contribution in [1.82, 2.24) is 0 Å². The second-order valence-electron chi connectivity index (χ2n) is 24.2. The molecule has 0 saturated carbocycles. The molecule has 0 amide bonds. The lowest BCUT2D eigenvalue weighted by Crippen LogP contribution is -2.99. The molecule has 1 aromatic carbocycles. The van der Waals surface area contributed by atoms with E-state index in [1.807, 2.05) is 0 Å². The lowest BCUT2D eigenvalue weighted by atomic mass is 9.68. The Morgan fingerprint density at radius 3 is 1.33 bits per heavy atom. The molecule has 3 rings (SSSR count). The average Bonchev–Trinajstić information content (AvgIpc) is 2.81. The van der Waals surface area contributed by atoms with Crippen LogP contribution < -0.4 is 0 Å². The van der Waals surface area contributed by atoms with E-state index >= 15 is 0 Å². The summed E-state index contributed by atoms with van der Waals surface area (Å²) in [6, 6.07) is 8.02. The molecule has 0 nitrogen and oxygen atoms in total. The van der Waals surface area contributed by atoms with Crippen LogP contribution in [0, 0.1) is 16.7 Å². The summed E-state index contributed by atoms with van der Waals surface area (Å²) in [5, 5.41) is 0. The fraction of sp³-hybridized carbons (Fsp3) is 0.714. The van der Waals surface area contributed by atoms with Gasteiger partial charge in [-0.15, -0.1) is 0 Å². The van der Waals surface area contributed by atoms with Gasteiger partial charge in [0.25, 0.3) is 0 Å². The summed E-state index contributed by atoms with van der Waals surface area (Å²) in [5.74, 6) is 0.471. The Morgan fingerprint density at radius 2 is 1.00 bits per heavy atom. The summed E-state index contributed by atoms with van der Waals surface area (Å²) in [6.45, 7) is 60.3. The van der Waals surface area contributed by atoms with Crippen LogP contribution in [0.4, 0.5) is 0 Å². The highest BCUT2D eigenvalue weighted by Gasteiger charge is 2.78. The number of benzene rings is 1. The van der Waals surface area contributed by atoms with Crippen LogP contribution in [0.25, 0.3) is 0 Å². The largest absolute Gasteiger partial charge is 0.0980 e. The van der Waals surface area contributed by atoms with E-state index in [1.54, 1.807) is 27.8 Å². The zero-order chi connectivity index (χ0) is 37.9. The third kappa shape index (κ3) is 6.72. The first-order valence-corrected chi connectivity index (χ1v) is 42.4. The van der Waals surface area contributed by atoms with Crippen LogP contribution in [-0.2, 0) is 10.8 Å². The van der Waals surface area contributed by atoms with Gasteiger partial charge in [-0.05, 0) is 60.6 Å². The lowest BCUT2D eigenvalue weighted by Gasteiger charge is -2.73. The number of hydrogen-bond donors (Lipinski definition) is 0. The molecule has 0 radical (unpaired) electrons. The molecule has 0 aromatic heterocycles. The van der Waals surface area contributed by atoms with E-state index in [-0.39, 0.29) is 21.7 Å². The smallest absolute Gasteiger partial charge is 0.0569 e. The minimum Gasteiger partial charge on any atom is -0.0980 e. The number of fused-ring (bicyclic) bond motifs is 1. The van der Waals surface area contributed by atoms with Crippen LogP contribution in [0.3, 0.4) is 0 Å². The maximum Gasteiger partial charge on any atom is 0.0569 e. The standard InChI is InChI=1S/C42H80Si6/c1-39(2,3)31-25-26-33(36(28-31)41(7,8)9)38-34-27-32(40(4,5)6)29-37(42(10,11)12)35(34)30-47(43(13,14)15,44(16,17)18)48(38,45(19,20)21)46(22,23)24/h25-30,34,38H,1-24H3. The van der Waals surface area contributed by atoms with Crippen molar-refractivity contribution in [2.75, 3.05) is 0 Å². The molecule has 2 atom stereocenters. The Hall–Kier alpha value is -0.259. The summed E-state index contributed by atoms with van der Waals surface area (Å²) in [4.78, 5) is 0. The molecule has 2 unspecified atom stereocenters. The molecule has 0 saturated heterocycles. The zero-order valence-corrected chi connectivity index (χ0v) is 42.6. The number of rotatable bonds is 5. The van der Waals surface area contributed by atoms with Gasteiger partial charge in [0, 0.05) is 42.9 Å². The molecule has 48 heavy (non-hydrogen) atoms. The SMILES string of the molecule is CC(C)(C)C1=CC2C(=C[Si]([Si](C)(C)C)([Si](C)(C)C)[Si]([Si](C)(C)C)([Si](C)(C)C)C2c2ccc(C(C)(C)C)cc2C(C)(C)C)C(C(C)(C)C)=C1. The van der Waals surface area contributed by atoms with Gasteiger partial charge in [-0.3, -0.25) is 0 Å². The van der Waals surface area contributed by atoms with E-state index in [4.69, 9.17) is 0 Å². The fourth-order valence-electron chi connectivity index (χ4n) is 11.5. The van der Waals surface area contributed by atoms with Crippen LogP contribution >= 0.6 is 0 Å². The van der Waals surface area contributed by atoms with E-state index < -0.39 is 43.6 Å². The van der Waals surface area contributed by atoms with E-state index in [0.717, 1.165) is 0 Å². The van der Waals surface area contributed by atoms with Crippen molar-refractivity contribution in [2.24, 2.45) is 16.7 Å². The normalized spacial score (nSPS) is 22.9. The molecule has 1 aromatic rings. The quantitative estimate of drug-likeness (QED) is 0.263. The molecule has 0 spiro atoms. The molecular formula is C42H80Si6. The maximum atomic E-state index is 3.29. The third-order valence-electron chi connectivity index (χ3n) is 12.6. The Bertz CT molecular complexity index is 1450. The highest BCUT2D eigenvalue weighted by Crippen LogP contribution is 2.63. The summed E-state index contributed by atoms with van der Waals surface area (Å²) >= 11 is 0. The van der Waals surface area contributed by atoms with Gasteiger partial charge in [0.1, 0.15) is 0 Å². The summed E-state index contributed by atoms with van der Waals surface area (Å²) in [7, 11) is -6.87. The maximum absolute atomic E-state index is 3.29. The van der Waals surface area contributed by atoms with Gasteiger partial charge in [-0.2, -0.15) is 0 Å². The highest BCUT2D eigenvalue weighted by atomic mass is 30.2.